The Morgan fingerprint density at radius 2 is 1.63 bits per heavy atom. The van der Waals surface area contributed by atoms with E-state index in [1.807, 2.05) is 37.3 Å². The first-order chi connectivity index (χ1) is 13.0. The molecule has 0 aromatic heterocycles. The number of halogens is 2. The molecule has 0 bridgehead atoms. The molecule has 3 nitrogen and oxygen atoms in total. The molecule has 138 valence electrons. The van der Waals surface area contributed by atoms with Crippen molar-refractivity contribution in [2.45, 2.75) is 13.0 Å². The van der Waals surface area contributed by atoms with E-state index in [4.69, 9.17) is 27.9 Å². The van der Waals surface area contributed by atoms with Crippen LogP contribution in [0.15, 0.2) is 72.8 Å². The summed E-state index contributed by atoms with van der Waals surface area (Å²) in [6.45, 7) is 1.82. The lowest BCUT2D eigenvalue weighted by Crippen LogP contribution is -2.31. The van der Waals surface area contributed by atoms with E-state index in [1.54, 1.807) is 18.2 Å². The van der Waals surface area contributed by atoms with Crippen molar-refractivity contribution in [2.75, 3.05) is 6.61 Å². The molecule has 3 aromatic rings. The van der Waals surface area contributed by atoms with Gasteiger partial charge in [-0.05, 0) is 41.8 Å². The highest BCUT2D eigenvalue weighted by molar-refractivity contribution is 6.35. The number of carbonyl (C=O) groups is 1. The Morgan fingerprint density at radius 3 is 2.30 bits per heavy atom. The van der Waals surface area contributed by atoms with E-state index in [2.05, 4.69) is 29.6 Å². The minimum atomic E-state index is -0.222. The van der Waals surface area contributed by atoms with Crippen LogP contribution in [0, 0.1) is 0 Å². The zero-order chi connectivity index (χ0) is 19.2. The second-order valence-corrected chi connectivity index (χ2v) is 6.98. The van der Waals surface area contributed by atoms with Crippen molar-refractivity contribution in [3.63, 3.8) is 0 Å². The minimum absolute atomic E-state index is 0.117. The number of ether oxygens (including phenoxy) is 1. The van der Waals surface area contributed by atoms with Crippen molar-refractivity contribution in [2.24, 2.45) is 0 Å². The maximum absolute atomic E-state index is 12.2. The van der Waals surface area contributed by atoms with Crippen molar-refractivity contribution in [3.05, 3.63) is 88.4 Å². The van der Waals surface area contributed by atoms with Gasteiger partial charge in [0.2, 0.25) is 0 Å². The van der Waals surface area contributed by atoms with Gasteiger partial charge >= 0.3 is 0 Å². The van der Waals surface area contributed by atoms with E-state index in [0.717, 1.165) is 16.7 Å². The van der Waals surface area contributed by atoms with Crippen LogP contribution in [0.3, 0.4) is 0 Å². The van der Waals surface area contributed by atoms with Crippen LogP contribution in [0.2, 0.25) is 10.0 Å². The molecule has 0 aliphatic carbocycles. The highest BCUT2D eigenvalue weighted by atomic mass is 35.5. The highest BCUT2D eigenvalue weighted by Crippen LogP contribution is 2.27. The van der Waals surface area contributed by atoms with Gasteiger partial charge in [0.15, 0.2) is 6.61 Å². The zero-order valence-electron chi connectivity index (χ0n) is 14.8. The number of nitrogens with one attached hydrogen (secondary N) is 1. The van der Waals surface area contributed by atoms with Crippen LogP contribution in [-0.4, -0.2) is 12.5 Å². The van der Waals surface area contributed by atoms with Gasteiger partial charge < -0.3 is 10.1 Å². The molecule has 0 saturated carbocycles. The summed E-state index contributed by atoms with van der Waals surface area (Å²) in [6.07, 6.45) is 0. The molecule has 0 aliphatic rings. The zero-order valence-corrected chi connectivity index (χ0v) is 16.3. The summed E-state index contributed by atoms with van der Waals surface area (Å²) < 4.78 is 5.46. The van der Waals surface area contributed by atoms with Crippen LogP contribution in [0.4, 0.5) is 0 Å². The molecule has 3 rings (SSSR count). The fraction of sp³-hybridized carbons (Fsp3) is 0.136. The average Bonchev–Trinajstić information content (AvgIpc) is 2.68. The van der Waals surface area contributed by atoms with Gasteiger partial charge in [-0.2, -0.15) is 0 Å². The number of hydrogen-bond donors (Lipinski definition) is 1. The SMILES string of the molecule is C[C@H](NC(=O)COc1ccc(Cl)cc1Cl)c1ccc(-c2ccccc2)cc1. The molecule has 0 radical (unpaired) electrons. The fourth-order valence-corrected chi connectivity index (χ4v) is 3.16. The van der Waals surface area contributed by atoms with Crippen LogP contribution in [0.25, 0.3) is 11.1 Å². The molecule has 3 aromatic carbocycles. The van der Waals surface area contributed by atoms with Gasteiger partial charge in [0.1, 0.15) is 5.75 Å². The molecule has 0 heterocycles. The standard InChI is InChI=1S/C22H19Cl2NO2/c1-15(16-7-9-18(10-8-16)17-5-3-2-4-6-17)25-22(26)14-27-21-12-11-19(23)13-20(21)24/h2-13,15H,14H2,1H3,(H,25,26)/t15-/m0/s1. The van der Waals surface area contributed by atoms with Crippen molar-refractivity contribution < 1.29 is 9.53 Å². The molecule has 0 saturated heterocycles. The van der Waals surface area contributed by atoms with E-state index < -0.39 is 0 Å². The smallest absolute Gasteiger partial charge is 0.258 e. The van der Waals surface area contributed by atoms with E-state index in [9.17, 15) is 4.79 Å². The summed E-state index contributed by atoms with van der Waals surface area (Å²) >= 11 is 11.9. The van der Waals surface area contributed by atoms with Crippen molar-refractivity contribution in [1.29, 1.82) is 0 Å². The highest BCUT2D eigenvalue weighted by Gasteiger charge is 2.11. The Kier molecular flexibility index (Phi) is 6.38. The number of carbonyl (C=O) groups excluding carboxylic acids is 1. The van der Waals surface area contributed by atoms with Gasteiger partial charge in [-0.3, -0.25) is 4.79 Å². The minimum Gasteiger partial charge on any atom is -0.482 e. The van der Waals surface area contributed by atoms with Crippen LogP contribution in [-0.2, 0) is 4.79 Å². The number of rotatable bonds is 6. The van der Waals surface area contributed by atoms with E-state index in [1.165, 1.54) is 0 Å². The van der Waals surface area contributed by atoms with Crippen molar-refractivity contribution >= 4 is 29.1 Å². The molecule has 1 N–H and O–H groups in total. The maximum atomic E-state index is 12.2. The molecule has 0 unspecified atom stereocenters. The third-order valence-electron chi connectivity index (χ3n) is 4.15. The molecule has 27 heavy (non-hydrogen) atoms. The summed E-state index contributed by atoms with van der Waals surface area (Å²) in [5, 5.41) is 3.82. The van der Waals surface area contributed by atoms with Gasteiger partial charge in [0.05, 0.1) is 11.1 Å². The third kappa shape index (κ3) is 5.25. The molecule has 0 spiro atoms. The molecule has 1 amide bonds. The van der Waals surface area contributed by atoms with E-state index >= 15 is 0 Å². The first-order valence-corrected chi connectivity index (χ1v) is 9.31. The van der Waals surface area contributed by atoms with Crippen LogP contribution in [0.1, 0.15) is 18.5 Å². The van der Waals surface area contributed by atoms with Crippen LogP contribution < -0.4 is 10.1 Å². The monoisotopic (exact) mass is 399 g/mol. The van der Waals surface area contributed by atoms with Gasteiger partial charge in [-0.1, -0.05) is 77.8 Å². The Hall–Kier alpha value is -2.49. The van der Waals surface area contributed by atoms with Gasteiger partial charge in [-0.25, -0.2) is 0 Å². The molecule has 0 fully saturated rings. The predicted octanol–water partition coefficient (Wildman–Crippen LogP) is 5.92. The molecule has 1 atom stereocenters. The normalized spacial score (nSPS) is 11.7. The Balaban J connectivity index is 1.56. The van der Waals surface area contributed by atoms with Crippen LogP contribution in [0.5, 0.6) is 5.75 Å². The number of amides is 1. The maximum Gasteiger partial charge on any atom is 0.258 e. The Morgan fingerprint density at radius 1 is 0.963 bits per heavy atom. The molecular formula is C22H19Cl2NO2. The Bertz CT molecular complexity index is 911. The number of benzene rings is 3. The van der Waals surface area contributed by atoms with Crippen LogP contribution >= 0.6 is 23.2 Å². The first kappa shape index (κ1) is 19.3. The lowest BCUT2D eigenvalue weighted by atomic mass is 10.0. The number of hydrogen-bond acceptors (Lipinski definition) is 2. The average molecular weight is 400 g/mol. The molecule has 5 heteroatoms. The quantitative estimate of drug-likeness (QED) is 0.558. The topological polar surface area (TPSA) is 38.3 Å². The van der Waals surface area contributed by atoms with Gasteiger partial charge in [0, 0.05) is 5.02 Å². The summed E-state index contributed by atoms with van der Waals surface area (Å²) in [5.41, 5.74) is 3.32. The summed E-state index contributed by atoms with van der Waals surface area (Å²) in [4.78, 5) is 12.2. The third-order valence-corrected chi connectivity index (χ3v) is 4.68. The summed E-state index contributed by atoms with van der Waals surface area (Å²) in [6, 6.07) is 23.1. The lowest BCUT2D eigenvalue weighted by Gasteiger charge is -2.15. The van der Waals surface area contributed by atoms with Crippen molar-refractivity contribution in [3.8, 4) is 16.9 Å². The summed E-state index contributed by atoms with van der Waals surface area (Å²) in [7, 11) is 0. The fourth-order valence-electron chi connectivity index (χ4n) is 2.70. The largest absolute Gasteiger partial charge is 0.482 e. The molecule has 0 aliphatic heterocycles. The van der Waals surface area contributed by atoms with Gasteiger partial charge in [-0.15, -0.1) is 0 Å². The lowest BCUT2D eigenvalue weighted by molar-refractivity contribution is -0.123. The predicted molar refractivity (Wildman–Crippen MR) is 110 cm³/mol. The van der Waals surface area contributed by atoms with E-state index in [-0.39, 0.29) is 18.6 Å². The second-order valence-electron chi connectivity index (χ2n) is 6.14. The van der Waals surface area contributed by atoms with Gasteiger partial charge in [0.25, 0.3) is 5.91 Å². The van der Waals surface area contributed by atoms with E-state index in [0.29, 0.717) is 15.8 Å². The van der Waals surface area contributed by atoms with Crippen molar-refractivity contribution in [1.82, 2.24) is 5.32 Å². The first-order valence-electron chi connectivity index (χ1n) is 8.55. The summed E-state index contributed by atoms with van der Waals surface area (Å²) in [5.74, 6) is 0.205. The molecular weight excluding hydrogens is 381 g/mol. The second kappa shape index (κ2) is 8.94. The Labute approximate surface area is 168 Å².